The topological polar surface area (TPSA) is 80.7 Å². The van der Waals surface area contributed by atoms with Gasteiger partial charge in [0.2, 0.25) is 0 Å². The molecule has 0 aliphatic heterocycles. The number of hydrogen-bond donors (Lipinski definition) is 2. The summed E-state index contributed by atoms with van der Waals surface area (Å²) in [5.74, 6) is 5.70. The van der Waals surface area contributed by atoms with Gasteiger partial charge in [-0.2, -0.15) is 0 Å². The van der Waals surface area contributed by atoms with E-state index in [9.17, 15) is 4.79 Å². The van der Waals surface area contributed by atoms with Gasteiger partial charge in [-0.05, 0) is 18.1 Å². The number of amides is 1. The Hall–Kier alpha value is -1.94. The monoisotopic (exact) mass is 278 g/mol. The number of rotatable bonds is 7. The van der Waals surface area contributed by atoms with Crippen LogP contribution in [0.5, 0.6) is 0 Å². The van der Waals surface area contributed by atoms with Crippen LogP contribution in [-0.4, -0.2) is 49.5 Å². The molecule has 6 heteroatoms. The van der Waals surface area contributed by atoms with Crippen molar-refractivity contribution >= 4 is 11.7 Å². The number of aliphatic hydroxyl groups is 1. The Kier molecular flexibility index (Phi) is 7.99. The molecule has 0 atom stereocenters. The van der Waals surface area contributed by atoms with Gasteiger partial charge < -0.3 is 19.9 Å². The van der Waals surface area contributed by atoms with Crippen molar-refractivity contribution in [2.45, 2.75) is 6.42 Å². The van der Waals surface area contributed by atoms with Crippen LogP contribution in [0.3, 0.4) is 0 Å². The van der Waals surface area contributed by atoms with Crippen LogP contribution in [-0.2, 0) is 14.3 Å². The molecule has 1 aromatic rings. The van der Waals surface area contributed by atoms with Crippen LogP contribution in [0.2, 0.25) is 0 Å². The van der Waals surface area contributed by atoms with E-state index in [0.29, 0.717) is 31.1 Å². The van der Waals surface area contributed by atoms with Gasteiger partial charge >= 0.3 is 0 Å². The van der Waals surface area contributed by atoms with Gasteiger partial charge in [-0.3, -0.25) is 4.79 Å². The molecule has 1 amide bonds. The molecule has 2 N–H and O–H groups in total. The molecule has 0 unspecified atom stereocenters. The second-order valence-electron chi connectivity index (χ2n) is 3.78. The van der Waals surface area contributed by atoms with Gasteiger partial charge in [-0.1, -0.05) is 12.0 Å². The van der Waals surface area contributed by atoms with Gasteiger partial charge in [0.05, 0.1) is 19.8 Å². The number of pyridine rings is 1. The Bertz CT molecular complexity index is 480. The lowest BCUT2D eigenvalue weighted by Gasteiger charge is -2.05. The molecule has 0 bridgehead atoms. The summed E-state index contributed by atoms with van der Waals surface area (Å²) >= 11 is 0. The summed E-state index contributed by atoms with van der Waals surface area (Å²) < 4.78 is 9.90. The summed E-state index contributed by atoms with van der Waals surface area (Å²) in [5.41, 5.74) is 0.538. The van der Waals surface area contributed by atoms with Crippen LogP contribution in [0.4, 0.5) is 5.82 Å². The van der Waals surface area contributed by atoms with Gasteiger partial charge in [0.15, 0.2) is 0 Å². The molecule has 0 fully saturated rings. The molecule has 1 rings (SSSR count). The van der Waals surface area contributed by atoms with E-state index in [-0.39, 0.29) is 19.1 Å². The summed E-state index contributed by atoms with van der Waals surface area (Å²) in [6, 6.07) is 5.15. The summed E-state index contributed by atoms with van der Waals surface area (Å²) in [6.45, 7) is 0.777. The van der Waals surface area contributed by atoms with Crippen LogP contribution in [0.1, 0.15) is 12.1 Å². The first-order valence-corrected chi connectivity index (χ1v) is 6.19. The van der Waals surface area contributed by atoms with E-state index in [0.717, 1.165) is 0 Å². The highest BCUT2D eigenvalue weighted by Crippen LogP contribution is 2.03. The smallest absolute Gasteiger partial charge is 0.251 e. The Morgan fingerprint density at radius 2 is 2.30 bits per heavy atom. The minimum atomic E-state index is -0.283. The maximum atomic E-state index is 11.6. The summed E-state index contributed by atoms with van der Waals surface area (Å²) in [5, 5.41) is 11.3. The van der Waals surface area contributed by atoms with E-state index in [1.165, 1.54) is 0 Å². The zero-order valence-electron chi connectivity index (χ0n) is 11.4. The fourth-order valence-electron chi connectivity index (χ4n) is 1.27. The van der Waals surface area contributed by atoms with Crippen molar-refractivity contribution in [3.63, 3.8) is 0 Å². The zero-order chi connectivity index (χ0) is 14.6. The molecule has 0 aliphatic rings. The van der Waals surface area contributed by atoms with Crippen LogP contribution in [0, 0.1) is 11.8 Å². The maximum Gasteiger partial charge on any atom is 0.251 e. The van der Waals surface area contributed by atoms with Crippen molar-refractivity contribution in [2.24, 2.45) is 0 Å². The molecular weight excluding hydrogens is 260 g/mol. The molecule has 1 aromatic heterocycles. The average Bonchev–Trinajstić information content (AvgIpc) is 2.44. The highest BCUT2D eigenvalue weighted by molar-refractivity contribution is 5.90. The standard InChI is InChI=1S/C14H18N2O4/c1-19-9-10-20-11-14(18)16-13-7-4-6-12(15-13)5-2-3-8-17/h4,6-7,17H,3,8-11H2,1H3,(H,15,16,18). The van der Waals surface area contributed by atoms with Crippen LogP contribution in [0.15, 0.2) is 18.2 Å². The van der Waals surface area contributed by atoms with Gasteiger partial charge in [-0.25, -0.2) is 4.98 Å². The second-order valence-corrected chi connectivity index (χ2v) is 3.78. The number of aromatic nitrogens is 1. The van der Waals surface area contributed by atoms with E-state index in [2.05, 4.69) is 22.1 Å². The van der Waals surface area contributed by atoms with Crippen LogP contribution >= 0.6 is 0 Å². The number of methoxy groups -OCH3 is 1. The number of hydrogen-bond acceptors (Lipinski definition) is 5. The Morgan fingerprint density at radius 3 is 3.05 bits per heavy atom. The number of carbonyl (C=O) groups excluding carboxylic acids is 1. The molecule has 20 heavy (non-hydrogen) atoms. The summed E-state index contributed by atoms with van der Waals surface area (Å²) in [4.78, 5) is 15.7. The third kappa shape index (κ3) is 6.85. The van der Waals surface area contributed by atoms with Crippen molar-refractivity contribution < 1.29 is 19.4 Å². The first kappa shape index (κ1) is 16.1. The molecule has 0 aromatic carbocycles. The van der Waals surface area contributed by atoms with Crippen molar-refractivity contribution in [3.05, 3.63) is 23.9 Å². The lowest BCUT2D eigenvalue weighted by molar-refractivity contribution is -0.121. The largest absolute Gasteiger partial charge is 0.395 e. The molecular formula is C14H18N2O4. The summed E-state index contributed by atoms with van der Waals surface area (Å²) in [7, 11) is 1.57. The SMILES string of the molecule is COCCOCC(=O)Nc1cccc(C#CCCO)n1. The van der Waals surface area contributed by atoms with Gasteiger partial charge in [0, 0.05) is 13.5 Å². The van der Waals surface area contributed by atoms with Gasteiger partial charge in [0.1, 0.15) is 18.1 Å². The van der Waals surface area contributed by atoms with Crippen molar-refractivity contribution in [3.8, 4) is 11.8 Å². The lowest BCUT2D eigenvalue weighted by Crippen LogP contribution is -2.20. The van der Waals surface area contributed by atoms with Crippen molar-refractivity contribution in [2.75, 3.05) is 38.9 Å². The maximum absolute atomic E-state index is 11.6. The Morgan fingerprint density at radius 1 is 1.45 bits per heavy atom. The Balaban J connectivity index is 2.45. The number of carbonyl (C=O) groups is 1. The first-order valence-electron chi connectivity index (χ1n) is 6.19. The van der Waals surface area contributed by atoms with Gasteiger partial charge in [0.25, 0.3) is 5.91 Å². The number of anilines is 1. The van der Waals surface area contributed by atoms with E-state index >= 15 is 0 Å². The minimum absolute atomic E-state index is 0.0161. The predicted molar refractivity (Wildman–Crippen MR) is 74.1 cm³/mol. The summed E-state index contributed by atoms with van der Waals surface area (Å²) in [6.07, 6.45) is 0.394. The normalized spacial score (nSPS) is 9.70. The predicted octanol–water partition coefficient (Wildman–Crippen LogP) is 0.417. The quantitative estimate of drug-likeness (QED) is 0.558. The molecule has 1 heterocycles. The van der Waals surface area contributed by atoms with E-state index < -0.39 is 0 Å². The molecule has 0 spiro atoms. The zero-order valence-corrected chi connectivity index (χ0v) is 11.4. The average molecular weight is 278 g/mol. The van der Waals surface area contributed by atoms with E-state index in [1.807, 2.05) is 0 Å². The van der Waals surface area contributed by atoms with Crippen LogP contribution < -0.4 is 5.32 Å². The molecule has 6 nitrogen and oxygen atoms in total. The number of aliphatic hydroxyl groups excluding tert-OH is 1. The molecule has 0 aliphatic carbocycles. The number of ether oxygens (including phenoxy) is 2. The van der Waals surface area contributed by atoms with Crippen molar-refractivity contribution in [1.29, 1.82) is 0 Å². The molecule has 0 radical (unpaired) electrons. The third-order valence-electron chi connectivity index (χ3n) is 2.13. The first-order chi connectivity index (χ1) is 9.76. The lowest BCUT2D eigenvalue weighted by atomic mass is 10.3. The van der Waals surface area contributed by atoms with Crippen LogP contribution in [0.25, 0.3) is 0 Å². The minimum Gasteiger partial charge on any atom is -0.395 e. The van der Waals surface area contributed by atoms with E-state index in [1.54, 1.807) is 25.3 Å². The molecule has 0 saturated carbocycles. The van der Waals surface area contributed by atoms with Crippen molar-refractivity contribution in [1.82, 2.24) is 4.98 Å². The molecule has 108 valence electrons. The van der Waals surface area contributed by atoms with Gasteiger partial charge in [-0.15, -0.1) is 0 Å². The fourth-order valence-corrected chi connectivity index (χ4v) is 1.27. The van der Waals surface area contributed by atoms with E-state index in [4.69, 9.17) is 14.6 Å². The third-order valence-corrected chi connectivity index (χ3v) is 2.13. The Labute approximate surface area is 118 Å². The number of nitrogens with one attached hydrogen (secondary N) is 1. The highest BCUT2D eigenvalue weighted by Gasteiger charge is 2.03. The number of nitrogens with zero attached hydrogens (tertiary/aromatic N) is 1. The highest BCUT2D eigenvalue weighted by atomic mass is 16.5. The fraction of sp³-hybridized carbons (Fsp3) is 0.429. The molecule has 0 saturated heterocycles. The second kappa shape index (κ2) is 9.92.